The number of nitrogens with one attached hydrogen (secondary N) is 2. The number of nitrogens with zero attached hydrogens (tertiary/aromatic N) is 1. The third kappa shape index (κ3) is 3.29. The zero-order chi connectivity index (χ0) is 17.2. The second-order valence-electron chi connectivity index (χ2n) is 7.10. The predicted molar refractivity (Wildman–Crippen MR) is 97.9 cm³/mol. The number of carbonyl (C=O) groups is 1. The van der Waals surface area contributed by atoms with E-state index in [1.807, 2.05) is 6.07 Å². The number of fused-ring (bicyclic) bond motifs is 1. The minimum Gasteiger partial charge on any atom is -0.459 e. The number of anilines is 1. The van der Waals surface area contributed by atoms with Gasteiger partial charge >= 0.3 is 0 Å². The van der Waals surface area contributed by atoms with Crippen molar-refractivity contribution in [1.82, 2.24) is 10.6 Å². The lowest BCUT2D eigenvalue weighted by molar-refractivity contribution is 0.0901. The number of carbonyl (C=O) groups excluding carboxylic acids is 1. The molecule has 0 aliphatic carbocycles. The lowest BCUT2D eigenvalue weighted by Crippen LogP contribution is -2.45. The summed E-state index contributed by atoms with van der Waals surface area (Å²) in [5, 5.41) is 6.43. The van der Waals surface area contributed by atoms with Gasteiger partial charge in [-0.3, -0.25) is 4.79 Å². The van der Waals surface area contributed by atoms with Gasteiger partial charge in [0.15, 0.2) is 5.76 Å². The van der Waals surface area contributed by atoms with Gasteiger partial charge in [0.1, 0.15) is 0 Å². The van der Waals surface area contributed by atoms with Crippen molar-refractivity contribution in [2.24, 2.45) is 0 Å². The fourth-order valence-electron chi connectivity index (χ4n) is 3.94. The number of rotatable bonds is 4. The highest BCUT2D eigenvalue weighted by molar-refractivity contribution is 5.93. The molecule has 1 fully saturated rings. The highest BCUT2D eigenvalue weighted by atomic mass is 16.3. The Morgan fingerprint density at radius 2 is 2.24 bits per heavy atom. The van der Waals surface area contributed by atoms with Gasteiger partial charge in [0.2, 0.25) is 0 Å². The molecule has 0 spiro atoms. The molecular formula is C20H25N3O2. The number of amides is 1. The highest BCUT2D eigenvalue weighted by Gasteiger charge is 2.28. The van der Waals surface area contributed by atoms with E-state index in [9.17, 15) is 4.79 Å². The number of furan rings is 1. The van der Waals surface area contributed by atoms with Crippen molar-refractivity contribution < 1.29 is 9.21 Å². The summed E-state index contributed by atoms with van der Waals surface area (Å²) in [7, 11) is 0. The molecule has 2 atom stereocenters. The Bertz CT molecular complexity index is 749. The van der Waals surface area contributed by atoms with E-state index in [-0.39, 0.29) is 11.9 Å². The highest BCUT2D eigenvalue weighted by Crippen LogP contribution is 2.33. The topological polar surface area (TPSA) is 57.5 Å². The third-order valence-electron chi connectivity index (χ3n) is 5.27. The Hall–Kier alpha value is -2.27. The largest absolute Gasteiger partial charge is 0.459 e. The second kappa shape index (κ2) is 6.92. The van der Waals surface area contributed by atoms with Crippen molar-refractivity contribution in [3.8, 4) is 0 Å². The summed E-state index contributed by atoms with van der Waals surface area (Å²) in [6.45, 7) is 4.79. The fraction of sp³-hybridized carbons (Fsp3) is 0.450. The molecule has 0 bridgehead atoms. The van der Waals surface area contributed by atoms with Gasteiger partial charge < -0.3 is 20.0 Å². The van der Waals surface area contributed by atoms with Gasteiger partial charge in [-0.05, 0) is 50.4 Å². The van der Waals surface area contributed by atoms with Crippen LogP contribution < -0.4 is 15.5 Å². The van der Waals surface area contributed by atoms with Crippen LogP contribution in [0.15, 0.2) is 41.0 Å². The number of hydrogen-bond acceptors (Lipinski definition) is 4. The molecule has 3 heterocycles. The number of piperidine rings is 1. The van der Waals surface area contributed by atoms with Crippen LogP contribution in [0, 0.1) is 0 Å². The SMILES string of the molecule is CC1Cc2ccccc2N1Cc1ccoc1C(=O)N[C@H]1CCCNC1. The summed E-state index contributed by atoms with van der Waals surface area (Å²) in [6.07, 6.45) is 4.78. The summed E-state index contributed by atoms with van der Waals surface area (Å²) in [6, 6.07) is 11.0. The molecule has 132 valence electrons. The second-order valence-corrected chi connectivity index (χ2v) is 7.10. The molecule has 25 heavy (non-hydrogen) atoms. The zero-order valence-electron chi connectivity index (χ0n) is 14.6. The molecule has 1 unspecified atom stereocenters. The molecule has 0 saturated carbocycles. The van der Waals surface area contributed by atoms with Crippen LogP contribution in [0.3, 0.4) is 0 Å². The zero-order valence-corrected chi connectivity index (χ0v) is 14.6. The van der Waals surface area contributed by atoms with Crippen LogP contribution in [-0.2, 0) is 13.0 Å². The Balaban J connectivity index is 1.49. The van der Waals surface area contributed by atoms with Crippen LogP contribution in [0.25, 0.3) is 0 Å². The van der Waals surface area contributed by atoms with Gasteiger partial charge in [-0.25, -0.2) is 0 Å². The molecule has 5 heteroatoms. The van der Waals surface area contributed by atoms with E-state index < -0.39 is 0 Å². The van der Waals surface area contributed by atoms with E-state index >= 15 is 0 Å². The minimum absolute atomic E-state index is 0.103. The standard InChI is InChI=1S/C20H25N3O2/c1-14-11-15-5-2-3-7-18(15)23(14)13-16-8-10-25-19(16)20(24)22-17-6-4-9-21-12-17/h2-3,5,7-8,10,14,17,21H,4,6,9,11-13H2,1H3,(H,22,24)/t14?,17-/m0/s1. The lowest BCUT2D eigenvalue weighted by atomic mass is 10.1. The Kier molecular flexibility index (Phi) is 4.49. The van der Waals surface area contributed by atoms with Crippen LogP contribution in [0.4, 0.5) is 5.69 Å². The van der Waals surface area contributed by atoms with E-state index in [1.54, 1.807) is 6.26 Å². The van der Waals surface area contributed by atoms with Crippen molar-refractivity contribution in [2.45, 2.75) is 44.8 Å². The van der Waals surface area contributed by atoms with Gasteiger partial charge in [-0.15, -0.1) is 0 Å². The lowest BCUT2D eigenvalue weighted by Gasteiger charge is -2.25. The normalized spacial score (nSPS) is 22.7. The molecule has 1 aromatic carbocycles. The molecule has 2 aliphatic rings. The smallest absolute Gasteiger partial charge is 0.287 e. The molecule has 1 amide bonds. The first-order chi connectivity index (χ1) is 12.2. The van der Waals surface area contributed by atoms with E-state index in [1.165, 1.54) is 11.3 Å². The Labute approximate surface area is 148 Å². The first-order valence-electron chi connectivity index (χ1n) is 9.15. The average molecular weight is 339 g/mol. The Morgan fingerprint density at radius 1 is 1.36 bits per heavy atom. The molecule has 2 N–H and O–H groups in total. The molecule has 1 saturated heterocycles. The van der Waals surface area contributed by atoms with Gasteiger partial charge in [0.05, 0.1) is 6.26 Å². The van der Waals surface area contributed by atoms with Crippen molar-refractivity contribution in [1.29, 1.82) is 0 Å². The minimum atomic E-state index is -0.103. The molecule has 5 nitrogen and oxygen atoms in total. The summed E-state index contributed by atoms with van der Waals surface area (Å²) in [5.74, 6) is 0.344. The van der Waals surface area contributed by atoms with Gasteiger partial charge in [-0.1, -0.05) is 18.2 Å². The maximum Gasteiger partial charge on any atom is 0.287 e. The maximum absolute atomic E-state index is 12.6. The summed E-state index contributed by atoms with van der Waals surface area (Å²) in [4.78, 5) is 15.0. The molecule has 2 aromatic rings. The van der Waals surface area contributed by atoms with Crippen LogP contribution in [-0.4, -0.2) is 31.1 Å². The summed E-state index contributed by atoms with van der Waals surface area (Å²) in [5.41, 5.74) is 3.58. The van der Waals surface area contributed by atoms with Gasteiger partial charge in [-0.2, -0.15) is 0 Å². The van der Waals surface area contributed by atoms with Crippen molar-refractivity contribution >= 4 is 11.6 Å². The number of hydrogen-bond donors (Lipinski definition) is 2. The quantitative estimate of drug-likeness (QED) is 0.899. The van der Waals surface area contributed by atoms with E-state index in [2.05, 4.69) is 46.7 Å². The van der Waals surface area contributed by atoms with Crippen LogP contribution in [0.5, 0.6) is 0 Å². The van der Waals surface area contributed by atoms with Gasteiger partial charge in [0, 0.05) is 36.4 Å². The first-order valence-corrected chi connectivity index (χ1v) is 9.15. The van der Waals surface area contributed by atoms with Crippen molar-refractivity contribution in [3.05, 3.63) is 53.5 Å². The van der Waals surface area contributed by atoms with Crippen molar-refractivity contribution in [2.75, 3.05) is 18.0 Å². The van der Waals surface area contributed by atoms with E-state index in [0.29, 0.717) is 18.3 Å². The van der Waals surface area contributed by atoms with E-state index in [4.69, 9.17) is 4.42 Å². The number of para-hydroxylation sites is 1. The first kappa shape index (κ1) is 16.2. The van der Waals surface area contributed by atoms with Crippen LogP contribution >= 0.6 is 0 Å². The Morgan fingerprint density at radius 3 is 3.08 bits per heavy atom. The van der Waals surface area contributed by atoms with Crippen molar-refractivity contribution in [3.63, 3.8) is 0 Å². The molecule has 0 radical (unpaired) electrons. The molecular weight excluding hydrogens is 314 g/mol. The molecule has 4 rings (SSSR count). The molecule has 1 aromatic heterocycles. The van der Waals surface area contributed by atoms with E-state index in [0.717, 1.165) is 37.9 Å². The third-order valence-corrected chi connectivity index (χ3v) is 5.27. The average Bonchev–Trinajstić information content (AvgIpc) is 3.21. The predicted octanol–water partition coefficient (Wildman–Crippen LogP) is 2.71. The molecule has 2 aliphatic heterocycles. The fourth-order valence-corrected chi connectivity index (χ4v) is 3.94. The van der Waals surface area contributed by atoms with Crippen LogP contribution in [0.2, 0.25) is 0 Å². The monoisotopic (exact) mass is 339 g/mol. The van der Waals surface area contributed by atoms with Gasteiger partial charge in [0.25, 0.3) is 5.91 Å². The van der Waals surface area contributed by atoms with Crippen LogP contribution in [0.1, 0.15) is 41.4 Å². The summed E-state index contributed by atoms with van der Waals surface area (Å²) >= 11 is 0. The number of benzene rings is 1. The summed E-state index contributed by atoms with van der Waals surface area (Å²) < 4.78 is 5.54. The maximum atomic E-state index is 12.6.